The molecule has 1 amide bonds. The van der Waals surface area contributed by atoms with E-state index in [0.29, 0.717) is 0 Å². The van der Waals surface area contributed by atoms with E-state index in [9.17, 15) is 9.18 Å². The van der Waals surface area contributed by atoms with Crippen LogP contribution in [0, 0.1) is 19.7 Å². The lowest BCUT2D eigenvalue weighted by Gasteiger charge is -2.03. The summed E-state index contributed by atoms with van der Waals surface area (Å²) in [6.07, 6.45) is 0. The molecule has 1 rings (SSSR count). The van der Waals surface area contributed by atoms with Gasteiger partial charge in [0.05, 0.1) is 5.69 Å². The van der Waals surface area contributed by atoms with Gasteiger partial charge in [-0.15, -0.1) is 0 Å². The summed E-state index contributed by atoms with van der Waals surface area (Å²) in [6.45, 7) is 4.86. The summed E-state index contributed by atoms with van der Waals surface area (Å²) >= 11 is 0. The maximum atomic E-state index is 13.0. The van der Waals surface area contributed by atoms with Crippen LogP contribution >= 0.6 is 0 Å². The third kappa shape index (κ3) is 2.05. The molecule has 0 aliphatic heterocycles. The van der Waals surface area contributed by atoms with Gasteiger partial charge in [-0.1, -0.05) is 6.07 Å². The Kier molecular flexibility index (Phi) is 2.43. The normalized spacial score (nSPS) is 9.58. The first-order valence-electron chi connectivity index (χ1n) is 3.48. The second kappa shape index (κ2) is 3.34. The standard InChI is InChI=1S/C9H9FNO/c1-6-3-4-9(8(10)5-6)11-7(2)12/h3-5H,2H2,1H3,(H,11,12). The summed E-state index contributed by atoms with van der Waals surface area (Å²) in [5.41, 5.74) is 0.982. The first kappa shape index (κ1) is 8.71. The van der Waals surface area contributed by atoms with Crippen molar-refractivity contribution in [3.05, 3.63) is 36.5 Å². The molecule has 0 atom stereocenters. The van der Waals surface area contributed by atoms with Gasteiger partial charge >= 0.3 is 0 Å². The van der Waals surface area contributed by atoms with Crippen LogP contribution in [0.5, 0.6) is 0 Å². The fourth-order valence-corrected chi connectivity index (χ4v) is 0.872. The molecule has 0 aliphatic carbocycles. The number of hydrogen-bond donors (Lipinski definition) is 1. The molecule has 0 fully saturated rings. The Morgan fingerprint density at radius 1 is 1.58 bits per heavy atom. The second-order valence-corrected chi connectivity index (χ2v) is 2.53. The van der Waals surface area contributed by atoms with E-state index in [-0.39, 0.29) is 5.69 Å². The van der Waals surface area contributed by atoms with E-state index in [1.165, 1.54) is 12.1 Å². The number of carbonyl (C=O) groups is 1. The van der Waals surface area contributed by atoms with Crippen molar-refractivity contribution in [1.82, 2.24) is 0 Å². The van der Waals surface area contributed by atoms with Crippen molar-refractivity contribution in [1.29, 1.82) is 0 Å². The van der Waals surface area contributed by atoms with Crippen molar-refractivity contribution in [2.45, 2.75) is 6.92 Å². The number of nitrogens with one attached hydrogen (secondary N) is 1. The lowest BCUT2D eigenvalue weighted by molar-refractivity contribution is -0.112. The van der Waals surface area contributed by atoms with Crippen molar-refractivity contribution in [2.24, 2.45) is 0 Å². The highest BCUT2D eigenvalue weighted by atomic mass is 19.1. The van der Waals surface area contributed by atoms with Gasteiger partial charge in [-0.2, -0.15) is 0 Å². The molecule has 1 N–H and O–H groups in total. The third-order valence-corrected chi connectivity index (χ3v) is 1.40. The molecule has 1 radical (unpaired) electrons. The molecule has 3 heteroatoms. The number of rotatable bonds is 1. The molecule has 0 aliphatic rings. The summed E-state index contributed by atoms with van der Waals surface area (Å²) in [5.74, 6) is -0.954. The fourth-order valence-electron chi connectivity index (χ4n) is 0.872. The van der Waals surface area contributed by atoms with Crippen LogP contribution in [-0.2, 0) is 4.79 Å². The van der Waals surface area contributed by atoms with Crippen LogP contribution in [-0.4, -0.2) is 5.91 Å². The summed E-state index contributed by atoms with van der Waals surface area (Å²) in [5, 5.41) is 2.28. The number of amides is 1. The molecular weight excluding hydrogens is 157 g/mol. The highest BCUT2D eigenvalue weighted by molar-refractivity contribution is 5.93. The lowest BCUT2D eigenvalue weighted by atomic mass is 10.2. The average Bonchev–Trinajstić information content (AvgIpc) is 1.94. The molecule has 0 saturated heterocycles. The Balaban J connectivity index is 2.93. The van der Waals surface area contributed by atoms with Crippen molar-refractivity contribution in [3.63, 3.8) is 0 Å². The fraction of sp³-hybridized carbons (Fsp3) is 0.111. The summed E-state index contributed by atoms with van der Waals surface area (Å²) in [6, 6.07) is 4.58. The van der Waals surface area contributed by atoms with Gasteiger partial charge in [0.1, 0.15) is 5.82 Å². The van der Waals surface area contributed by atoms with Crippen LogP contribution < -0.4 is 5.32 Å². The third-order valence-electron chi connectivity index (χ3n) is 1.40. The number of anilines is 1. The van der Waals surface area contributed by atoms with Crippen molar-refractivity contribution >= 4 is 11.6 Å². The number of halogens is 1. The van der Waals surface area contributed by atoms with Crippen LogP contribution in [0.3, 0.4) is 0 Å². The predicted octanol–water partition coefficient (Wildman–Crippen LogP) is 1.91. The Bertz CT molecular complexity index is 309. The zero-order valence-corrected chi connectivity index (χ0v) is 6.73. The Labute approximate surface area is 70.4 Å². The van der Waals surface area contributed by atoms with Crippen molar-refractivity contribution in [3.8, 4) is 0 Å². The smallest absolute Gasteiger partial charge is 0.224 e. The average molecular weight is 166 g/mol. The Morgan fingerprint density at radius 2 is 2.25 bits per heavy atom. The topological polar surface area (TPSA) is 29.1 Å². The minimum Gasteiger partial charge on any atom is -0.324 e. The maximum absolute atomic E-state index is 13.0. The van der Waals surface area contributed by atoms with E-state index in [4.69, 9.17) is 0 Å². The lowest BCUT2D eigenvalue weighted by Crippen LogP contribution is -2.07. The highest BCUT2D eigenvalue weighted by Crippen LogP contribution is 2.14. The van der Waals surface area contributed by atoms with Crippen LogP contribution in [0.15, 0.2) is 18.2 Å². The molecule has 0 unspecified atom stereocenters. The predicted molar refractivity (Wildman–Crippen MR) is 45.1 cm³/mol. The maximum Gasteiger partial charge on any atom is 0.224 e. The van der Waals surface area contributed by atoms with E-state index in [1.807, 2.05) is 0 Å². The minimum absolute atomic E-state index is 0.167. The van der Waals surface area contributed by atoms with Gasteiger partial charge in [-0.25, -0.2) is 4.39 Å². The number of aryl methyl sites for hydroxylation is 1. The highest BCUT2D eigenvalue weighted by Gasteiger charge is 2.02. The van der Waals surface area contributed by atoms with Gasteiger partial charge in [0.15, 0.2) is 0 Å². The molecule has 2 nitrogen and oxygen atoms in total. The van der Waals surface area contributed by atoms with Crippen LogP contribution in [0.25, 0.3) is 0 Å². The number of carbonyl (C=O) groups excluding carboxylic acids is 1. The zero-order chi connectivity index (χ0) is 9.14. The molecule has 1 aromatic rings. The second-order valence-electron chi connectivity index (χ2n) is 2.53. The largest absolute Gasteiger partial charge is 0.324 e. The Morgan fingerprint density at radius 3 is 2.75 bits per heavy atom. The van der Waals surface area contributed by atoms with Crippen molar-refractivity contribution < 1.29 is 9.18 Å². The Hall–Kier alpha value is -1.38. The first-order chi connectivity index (χ1) is 5.59. The minimum atomic E-state index is -0.516. The molecule has 1 aromatic carbocycles. The van der Waals surface area contributed by atoms with E-state index >= 15 is 0 Å². The van der Waals surface area contributed by atoms with E-state index in [1.54, 1.807) is 13.0 Å². The van der Waals surface area contributed by atoms with Gasteiger partial charge in [0.2, 0.25) is 5.91 Å². The van der Waals surface area contributed by atoms with Gasteiger partial charge in [0, 0.05) is 6.92 Å². The van der Waals surface area contributed by atoms with E-state index in [0.717, 1.165) is 5.56 Å². The first-order valence-corrected chi connectivity index (χ1v) is 3.48. The monoisotopic (exact) mass is 166 g/mol. The quantitative estimate of drug-likeness (QED) is 0.678. The SMILES string of the molecule is [CH2]C(=O)Nc1ccc(C)cc1F. The molecule has 0 saturated carbocycles. The molecule has 0 spiro atoms. The van der Waals surface area contributed by atoms with Gasteiger partial charge in [0.25, 0.3) is 0 Å². The zero-order valence-electron chi connectivity index (χ0n) is 6.73. The molecule has 63 valence electrons. The van der Waals surface area contributed by atoms with Crippen LogP contribution in [0.1, 0.15) is 5.56 Å². The molecule has 0 bridgehead atoms. The van der Waals surface area contributed by atoms with Crippen LogP contribution in [0.2, 0.25) is 0 Å². The van der Waals surface area contributed by atoms with Gasteiger partial charge in [-0.3, -0.25) is 4.79 Å². The summed E-state index contributed by atoms with van der Waals surface area (Å²) in [4.78, 5) is 10.5. The molecule has 0 heterocycles. The van der Waals surface area contributed by atoms with E-state index in [2.05, 4.69) is 12.2 Å². The van der Waals surface area contributed by atoms with Crippen LogP contribution in [0.4, 0.5) is 10.1 Å². The number of hydrogen-bond acceptors (Lipinski definition) is 1. The van der Waals surface area contributed by atoms with Crippen molar-refractivity contribution in [2.75, 3.05) is 5.32 Å². The number of benzene rings is 1. The van der Waals surface area contributed by atoms with Gasteiger partial charge < -0.3 is 5.32 Å². The molecular formula is C9H9FNO. The van der Waals surface area contributed by atoms with Gasteiger partial charge in [-0.05, 0) is 24.6 Å². The summed E-state index contributed by atoms with van der Waals surface area (Å²) < 4.78 is 13.0. The molecule has 0 aromatic heterocycles. The molecule has 12 heavy (non-hydrogen) atoms. The van der Waals surface area contributed by atoms with E-state index < -0.39 is 11.7 Å². The summed E-state index contributed by atoms with van der Waals surface area (Å²) in [7, 11) is 0.